The van der Waals surface area contributed by atoms with Crippen molar-refractivity contribution in [3.8, 4) is 0 Å². The van der Waals surface area contributed by atoms with Crippen LogP contribution in [0.1, 0.15) is 40.5 Å². The van der Waals surface area contributed by atoms with Crippen LogP contribution >= 0.6 is 23.2 Å². The lowest BCUT2D eigenvalue weighted by Crippen LogP contribution is -2.57. The Bertz CT molecular complexity index is 914. The number of hydrogen-bond donors (Lipinski definition) is 1. The maximum atomic E-state index is 11.8. The minimum Gasteiger partial charge on any atom is -0.458 e. The van der Waals surface area contributed by atoms with Gasteiger partial charge in [0.05, 0.1) is 21.3 Å². The lowest BCUT2D eigenvalue weighted by molar-refractivity contribution is -0.148. The van der Waals surface area contributed by atoms with Crippen LogP contribution in [0, 0.1) is 30.1 Å². The Kier molecular flexibility index (Phi) is 7.83. The predicted octanol–water partition coefficient (Wildman–Crippen LogP) is 4.64. The fraction of sp³-hybridized carbons (Fsp3) is 0.654. The third kappa shape index (κ3) is 5.11. The highest BCUT2D eigenvalue weighted by molar-refractivity contribution is 6.38. The van der Waals surface area contributed by atoms with Gasteiger partial charge in [-0.25, -0.2) is 0 Å². The Morgan fingerprint density at radius 3 is 2.50 bits per heavy atom. The number of nitrogens with zero attached hydrogens (tertiary/aromatic N) is 3. The average molecular weight is 509 g/mol. The molecule has 1 unspecified atom stereocenters. The summed E-state index contributed by atoms with van der Waals surface area (Å²) in [6, 6.07) is 0. The second-order valence-corrected chi connectivity index (χ2v) is 11.2. The van der Waals surface area contributed by atoms with E-state index in [1.165, 1.54) is 6.92 Å². The van der Waals surface area contributed by atoms with Crippen LogP contribution in [0.15, 0.2) is 24.0 Å². The Labute approximate surface area is 213 Å². The molecule has 1 saturated heterocycles. The lowest BCUT2D eigenvalue weighted by atomic mass is 9.57. The third-order valence-corrected chi connectivity index (χ3v) is 8.67. The molecule has 1 radical (unpaired) electrons. The standard InChI is InChI=1S/C26H36Cl2N3O3/c1-16-11-21-20(6-5-18(3)26(21,33)12-24(16)34-19(4)32)17(2)15-30-7-9-31(10-8-30)25-22(27)13-29-14-23(25)28/h11-14,17-18,20-21,24,33H,5-10,15H2,1-4H3/t17?,18-,20+,21-,24-,26-/m1/s1. The number of anilines is 1. The van der Waals surface area contributed by atoms with Gasteiger partial charge in [-0.1, -0.05) is 43.1 Å². The van der Waals surface area contributed by atoms with Crippen LogP contribution < -0.4 is 4.90 Å². The molecule has 6 atom stereocenters. The van der Waals surface area contributed by atoms with E-state index >= 15 is 0 Å². The molecular formula is C26H36Cl2N3O3. The molecule has 1 N–H and O–H groups in total. The van der Waals surface area contributed by atoms with E-state index in [2.05, 4.69) is 34.7 Å². The molecule has 1 aromatic heterocycles. The van der Waals surface area contributed by atoms with Crippen molar-refractivity contribution in [2.45, 2.75) is 52.2 Å². The van der Waals surface area contributed by atoms with Gasteiger partial charge in [0.1, 0.15) is 6.10 Å². The van der Waals surface area contributed by atoms with Gasteiger partial charge in [-0.15, -0.1) is 0 Å². The number of fused-ring (bicyclic) bond motifs is 1. The lowest BCUT2D eigenvalue weighted by Gasteiger charge is -2.53. The first-order chi connectivity index (χ1) is 16.1. The third-order valence-electron chi connectivity index (χ3n) is 8.11. The Morgan fingerprint density at radius 2 is 1.88 bits per heavy atom. The van der Waals surface area contributed by atoms with E-state index in [0.29, 0.717) is 21.9 Å². The summed E-state index contributed by atoms with van der Waals surface area (Å²) in [7, 11) is 0. The van der Waals surface area contributed by atoms with Crippen LogP contribution in [0.2, 0.25) is 10.0 Å². The number of piperazine rings is 1. The number of ether oxygens (including phenoxy) is 1. The normalized spacial score (nSPS) is 33.1. The van der Waals surface area contributed by atoms with Gasteiger partial charge in [-0.2, -0.15) is 0 Å². The second kappa shape index (κ2) is 10.3. The van der Waals surface area contributed by atoms with Crippen LogP contribution in [0.5, 0.6) is 0 Å². The maximum absolute atomic E-state index is 11.8. The van der Waals surface area contributed by atoms with Gasteiger partial charge in [-0.3, -0.25) is 14.7 Å². The van der Waals surface area contributed by atoms with E-state index < -0.39 is 11.7 Å². The Morgan fingerprint density at radius 1 is 1.24 bits per heavy atom. The summed E-state index contributed by atoms with van der Waals surface area (Å²) in [4.78, 5) is 20.4. The molecule has 3 aliphatic rings. The van der Waals surface area contributed by atoms with Gasteiger partial charge >= 0.3 is 5.97 Å². The zero-order chi connectivity index (χ0) is 24.6. The number of carbonyl (C=O) groups is 1. The van der Waals surface area contributed by atoms with Crippen molar-refractivity contribution in [2.75, 3.05) is 37.6 Å². The minimum absolute atomic E-state index is 0.0359. The topological polar surface area (TPSA) is 65.9 Å². The number of aliphatic hydroxyl groups is 1. The molecule has 2 heterocycles. The van der Waals surface area contributed by atoms with Crippen molar-refractivity contribution in [3.63, 3.8) is 0 Å². The van der Waals surface area contributed by atoms with Crippen LogP contribution in [-0.2, 0) is 9.53 Å². The van der Waals surface area contributed by atoms with E-state index in [-0.39, 0.29) is 17.8 Å². The smallest absolute Gasteiger partial charge is 0.303 e. The molecule has 1 aromatic rings. The number of hydrogen-bond acceptors (Lipinski definition) is 6. The van der Waals surface area contributed by atoms with Gasteiger partial charge < -0.3 is 14.7 Å². The van der Waals surface area contributed by atoms with Gasteiger partial charge in [-0.05, 0) is 43.1 Å². The van der Waals surface area contributed by atoms with Gasteiger partial charge in [0.25, 0.3) is 0 Å². The fourth-order valence-corrected chi connectivity index (χ4v) is 6.76. The summed E-state index contributed by atoms with van der Waals surface area (Å²) in [5.41, 5.74) is 0.929. The molecule has 1 aliphatic heterocycles. The summed E-state index contributed by atoms with van der Waals surface area (Å²) in [6.45, 7) is 12.4. The number of halogens is 2. The van der Waals surface area contributed by atoms with Crippen molar-refractivity contribution in [2.24, 2.45) is 23.7 Å². The number of esters is 1. The molecule has 1 saturated carbocycles. The van der Waals surface area contributed by atoms with Gasteiger partial charge in [0, 0.05) is 64.4 Å². The first-order valence-electron chi connectivity index (χ1n) is 12.3. The van der Waals surface area contributed by atoms with Crippen LogP contribution in [-0.4, -0.2) is 65.4 Å². The molecule has 0 bridgehead atoms. The Balaban J connectivity index is 1.42. The van der Waals surface area contributed by atoms with Crippen molar-refractivity contribution < 1.29 is 14.6 Å². The first kappa shape index (κ1) is 25.7. The highest BCUT2D eigenvalue weighted by Crippen LogP contribution is 2.51. The largest absolute Gasteiger partial charge is 0.458 e. The molecule has 34 heavy (non-hydrogen) atoms. The van der Waals surface area contributed by atoms with Gasteiger partial charge in [0.2, 0.25) is 0 Å². The summed E-state index contributed by atoms with van der Waals surface area (Å²) in [5, 5.41) is 12.9. The zero-order valence-electron chi connectivity index (χ0n) is 20.5. The van der Waals surface area contributed by atoms with E-state index in [0.717, 1.165) is 56.8 Å². The van der Waals surface area contributed by atoms with Gasteiger partial charge in [0.15, 0.2) is 0 Å². The molecule has 187 valence electrons. The van der Waals surface area contributed by atoms with E-state index in [9.17, 15) is 9.90 Å². The Hall–Kier alpha value is -1.34. The minimum atomic E-state index is -0.954. The summed E-state index contributed by atoms with van der Waals surface area (Å²) >= 11 is 12.7. The van der Waals surface area contributed by atoms with Crippen molar-refractivity contribution in [1.29, 1.82) is 0 Å². The highest BCUT2D eigenvalue weighted by Gasteiger charge is 2.53. The first-order valence-corrected chi connectivity index (χ1v) is 13.1. The SMILES string of the molecule is CC(=O)O[C@@H]1[CH][C@@]2(O)[C@H](C)CC[C@@H](C(C)CN3CCN(c4c(Cl)cncc4Cl)CC3)[C@H]2C=C1C. The zero-order valence-corrected chi connectivity index (χ0v) is 22.0. The number of aromatic nitrogens is 1. The molecule has 8 heteroatoms. The summed E-state index contributed by atoms with van der Waals surface area (Å²) < 4.78 is 5.49. The quantitative estimate of drug-likeness (QED) is 0.461. The molecule has 2 fully saturated rings. The second-order valence-electron chi connectivity index (χ2n) is 10.4. The van der Waals surface area contributed by atoms with Crippen molar-refractivity contribution in [1.82, 2.24) is 9.88 Å². The van der Waals surface area contributed by atoms with E-state index in [1.807, 2.05) is 13.3 Å². The molecule has 0 spiro atoms. The highest BCUT2D eigenvalue weighted by atomic mass is 35.5. The molecular weight excluding hydrogens is 473 g/mol. The number of carbonyl (C=O) groups excluding carboxylic acids is 1. The molecule has 6 nitrogen and oxygen atoms in total. The summed E-state index contributed by atoms with van der Waals surface area (Å²) in [5.74, 6) is 0.632. The number of rotatable bonds is 5. The molecule has 0 aromatic carbocycles. The molecule has 2 aliphatic carbocycles. The van der Waals surface area contributed by atoms with Crippen LogP contribution in [0.4, 0.5) is 5.69 Å². The molecule has 0 amide bonds. The average Bonchev–Trinajstić information content (AvgIpc) is 2.77. The van der Waals surface area contributed by atoms with Crippen molar-refractivity contribution >= 4 is 34.9 Å². The van der Waals surface area contributed by atoms with Crippen LogP contribution in [0.3, 0.4) is 0 Å². The number of pyridine rings is 1. The fourth-order valence-electron chi connectivity index (χ4n) is 6.16. The monoisotopic (exact) mass is 508 g/mol. The van der Waals surface area contributed by atoms with E-state index in [1.54, 1.807) is 12.4 Å². The maximum Gasteiger partial charge on any atom is 0.303 e. The van der Waals surface area contributed by atoms with E-state index in [4.69, 9.17) is 27.9 Å². The molecule has 4 rings (SSSR count). The predicted molar refractivity (Wildman–Crippen MR) is 136 cm³/mol. The summed E-state index contributed by atoms with van der Waals surface area (Å²) in [6.07, 6.45) is 8.96. The van der Waals surface area contributed by atoms with Crippen LogP contribution in [0.25, 0.3) is 0 Å². The van der Waals surface area contributed by atoms with Crippen molar-refractivity contribution in [3.05, 3.63) is 40.5 Å².